The minimum atomic E-state index is -0.845. The van der Waals surface area contributed by atoms with Gasteiger partial charge in [0.25, 0.3) is 5.91 Å². The molecule has 1 aliphatic carbocycles. The Morgan fingerprint density at radius 3 is 2.68 bits per heavy atom. The molecule has 1 fully saturated rings. The maximum absolute atomic E-state index is 12.0. The molecule has 106 valence electrons. The van der Waals surface area contributed by atoms with Gasteiger partial charge in [-0.1, -0.05) is 19.3 Å². The van der Waals surface area contributed by atoms with Crippen molar-refractivity contribution in [2.45, 2.75) is 38.1 Å². The van der Waals surface area contributed by atoms with Gasteiger partial charge in [-0.3, -0.25) is 9.59 Å². The summed E-state index contributed by atoms with van der Waals surface area (Å²) in [6, 6.07) is -0.334. The van der Waals surface area contributed by atoms with Crippen molar-refractivity contribution in [1.82, 2.24) is 5.32 Å². The summed E-state index contributed by atoms with van der Waals surface area (Å²) in [6.45, 7) is 0.768. The van der Waals surface area contributed by atoms with E-state index < -0.39 is 17.8 Å². The minimum absolute atomic E-state index is 0.125. The molecule has 6 nitrogen and oxygen atoms in total. The summed E-state index contributed by atoms with van der Waals surface area (Å²) in [5.74, 6) is -1.63. The fourth-order valence-electron chi connectivity index (χ4n) is 2.50. The molecule has 1 amide bonds. The average molecular weight is 269 g/mol. The number of aliphatic carboxylic acids is 1. The van der Waals surface area contributed by atoms with E-state index in [1.807, 2.05) is 0 Å². The van der Waals surface area contributed by atoms with E-state index in [1.165, 1.54) is 6.26 Å². The average Bonchev–Trinajstić information content (AvgIpc) is 2.65. The summed E-state index contributed by atoms with van der Waals surface area (Å²) < 4.78 is 10.2. The van der Waals surface area contributed by atoms with Crippen LogP contribution in [0.2, 0.25) is 0 Å². The van der Waals surface area contributed by atoms with Crippen LogP contribution in [0.4, 0.5) is 0 Å². The van der Waals surface area contributed by atoms with E-state index in [0.717, 1.165) is 19.3 Å². The molecule has 1 aliphatic heterocycles. The van der Waals surface area contributed by atoms with Crippen LogP contribution in [0.3, 0.4) is 0 Å². The van der Waals surface area contributed by atoms with Crippen LogP contribution in [0.25, 0.3) is 0 Å². The van der Waals surface area contributed by atoms with Gasteiger partial charge in [0.2, 0.25) is 5.76 Å². The smallest absolute Gasteiger partial charge is 0.308 e. The van der Waals surface area contributed by atoms with Crippen molar-refractivity contribution in [3.8, 4) is 0 Å². The predicted molar refractivity (Wildman–Crippen MR) is 66.1 cm³/mol. The van der Waals surface area contributed by atoms with Crippen LogP contribution in [0, 0.1) is 5.92 Å². The lowest BCUT2D eigenvalue weighted by Crippen LogP contribution is -2.44. The highest BCUT2D eigenvalue weighted by Crippen LogP contribution is 2.24. The molecular formula is C13H19NO5. The molecule has 6 heteroatoms. The maximum atomic E-state index is 12.0. The van der Waals surface area contributed by atoms with Gasteiger partial charge in [0.05, 0.1) is 5.92 Å². The summed E-state index contributed by atoms with van der Waals surface area (Å²) in [5.41, 5.74) is 0. The molecule has 2 atom stereocenters. The molecule has 0 saturated heterocycles. The van der Waals surface area contributed by atoms with Crippen LogP contribution >= 0.6 is 0 Å². The third-order valence-corrected chi connectivity index (χ3v) is 3.52. The Hall–Kier alpha value is -1.72. The molecular weight excluding hydrogens is 250 g/mol. The number of carboxylic acids is 1. The third-order valence-electron chi connectivity index (χ3n) is 3.52. The van der Waals surface area contributed by atoms with Crippen molar-refractivity contribution in [3.05, 3.63) is 12.0 Å². The van der Waals surface area contributed by atoms with Crippen LogP contribution in [0.1, 0.15) is 32.1 Å². The zero-order valence-electron chi connectivity index (χ0n) is 10.8. The standard InChI is InChI=1S/C13H19NO5/c15-12(11-8-18-6-7-19-11)14-10-5-3-1-2-4-9(10)13(16)17/h8-10H,1-7H2,(H,14,15)(H,16,17). The van der Waals surface area contributed by atoms with E-state index in [9.17, 15) is 14.7 Å². The quantitative estimate of drug-likeness (QED) is 0.747. The van der Waals surface area contributed by atoms with Gasteiger partial charge in [0.1, 0.15) is 19.5 Å². The first kappa shape index (κ1) is 13.7. The number of amides is 1. The normalized spacial score (nSPS) is 27.3. The molecule has 0 aromatic carbocycles. The fraction of sp³-hybridized carbons (Fsp3) is 0.692. The molecule has 2 aliphatic rings. The molecule has 1 saturated carbocycles. The maximum Gasteiger partial charge on any atom is 0.308 e. The Morgan fingerprint density at radius 2 is 2.00 bits per heavy atom. The molecule has 1 heterocycles. The van der Waals surface area contributed by atoms with Crippen LogP contribution < -0.4 is 5.32 Å². The van der Waals surface area contributed by atoms with E-state index in [2.05, 4.69) is 5.32 Å². The van der Waals surface area contributed by atoms with Gasteiger partial charge in [-0.2, -0.15) is 0 Å². The molecule has 2 rings (SSSR count). The topological polar surface area (TPSA) is 84.9 Å². The first-order valence-electron chi connectivity index (χ1n) is 6.66. The molecule has 0 spiro atoms. The molecule has 0 aromatic rings. The first-order valence-corrected chi connectivity index (χ1v) is 6.66. The van der Waals surface area contributed by atoms with E-state index in [1.54, 1.807) is 0 Å². The lowest BCUT2D eigenvalue weighted by Gasteiger charge is -2.24. The van der Waals surface area contributed by atoms with Crippen molar-refractivity contribution in [3.63, 3.8) is 0 Å². The highest BCUT2D eigenvalue weighted by atomic mass is 16.6. The summed E-state index contributed by atoms with van der Waals surface area (Å²) in [4.78, 5) is 23.2. The highest BCUT2D eigenvalue weighted by molar-refractivity contribution is 5.91. The number of hydrogen-bond acceptors (Lipinski definition) is 4. The number of hydrogen-bond donors (Lipinski definition) is 2. The molecule has 0 bridgehead atoms. The van der Waals surface area contributed by atoms with Gasteiger partial charge in [-0.25, -0.2) is 0 Å². The van der Waals surface area contributed by atoms with E-state index in [-0.39, 0.29) is 11.8 Å². The van der Waals surface area contributed by atoms with Gasteiger partial charge in [-0.15, -0.1) is 0 Å². The van der Waals surface area contributed by atoms with Gasteiger partial charge < -0.3 is 19.9 Å². The molecule has 2 N–H and O–H groups in total. The molecule has 19 heavy (non-hydrogen) atoms. The van der Waals surface area contributed by atoms with Crippen LogP contribution in [-0.2, 0) is 19.1 Å². The number of nitrogens with one attached hydrogen (secondary N) is 1. The first-order chi connectivity index (χ1) is 9.18. The lowest BCUT2D eigenvalue weighted by molar-refractivity contribution is -0.143. The summed E-state index contributed by atoms with van der Waals surface area (Å²) in [7, 11) is 0. The Bertz CT molecular complexity index is 379. The van der Waals surface area contributed by atoms with Crippen molar-refractivity contribution in [1.29, 1.82) is 0 Å². The molecule has 0 aromatic heterocycles. The summed E-state index contributed by atoms with van der Waals surface area (Å²) in [6.07, 6.45) is 5.42. The van der Waals surface area contributed by atoms with E-state index in [4.69, 9.17) is 9.47 Å². The van der Waals surface area contributed by atoms with Crippen molar-refractivity contribution in [2.24, 2.45) is 5.92 Å². The predicted octanol–water partition coefficient (Wildman–Crippen LogP) is 1.02. The highest BCUT2D eigenvalue weighted by Gasteiger charge is 2.31. The number of carbonyl (C=O) groups is 2. The molecule has 2 unspecified atom stereocenters. The summed E-state index contributed by atoms with van der Waals surface area (Å²) >= 11 is 0. The fourth-order valence-corrected chi connectivity index (χ4v) is 2.50. The SMILES string of the molecule is O=C(NC1CCCCCC1C(=O)O)C1=COCCO1. The zero-order chi connectivity index (χ0) is 13.7. The Balaban J connectivity index is 1.99. The Morgan fingerprint density at radius 1 is 1.21 bits per heavy atom. The summed E-state index contributed by atoms with van der Waals surface area (Å²) in [5, 5.41) is 12.0. The van der Waals surface area contributed by atoms with Gasteiger partial charge >= 0.3 is 5.97 Å². The van der Waals surface area contributed by atoms with Crippen LogP contribution in [0.15, 0.2) is 12.0 Å². The third kappa shape index (κ3) is 3.62. The number of carboxylic acid groups (broad SMARTS) is 1. The lowest BCUT2D eigenvalue weighted by atomic mass is 9.95. The van der Waals surface area contributed by atoms with E-state index >= 15 is 0 Å². The van der Waals surface area contributed by atoms with Crippen molar-refractivity contribution in [2.75, 3.05) is 13.2 Å². The van der Waals surface area contributed by atoms with E-state index in [0.29, 0.717) is 26.1 Å². The zero-order valence-corrected chi connectivity index (χ0v) is 10.8. The molecule has 0 radical (unpaired) electrons. The largest absolute Gasteiger partial charge is 0.494 e. The minimum Gasteiger partial charge on any atom is -0.494 e. The van der Waals surface area contributed by atoms with Gasteiger partial charge in [0, 0.05) is 6.04 Å². The number of rotatable bonds is 3. The Labute approximate surface area is 111 Å². The van der Waals surface area contributed by atoms with Crippen LogP contribution in [0.5, 0.6) is 0 Å². The Kier molecular flexibility index (Phi) is 4.65. The van der Waals surface area contributed by atoms with Crippen molar-refractivity contribution >= 4 is 11.9 Å². The van der Waals surface area contributed by atoms with Gasteiger partial charge in [-0.05, 0) is 12.8 Å². The second-order valence-corrected chi connectivity index (χ2v) is 4.86. The number of ether oxygens (including phenoxy) is 2. The number of carbonyl (C=O) groups excluding carboxylic acids is 1. The van der Waals surface area contributed by atoms with Crippen molar-refractivity contribution < 1.29 is 24.2 Å². The monoisotopic (exact) mass is 269 g/mol. The van der Waals surface area contributed by atoms with Gasteiger partial charge in [0.15, 0.2) is 0 Å². The second-order valence-electron chi connectivity index (χ2n) is 4.86. The van der Waals surface area contributed by atoms with Crippen LogP contribution in [-0.4, -0.2) is 36.2 Å². The second kappa shape index (κ2) is 6.45.